The maximum Gasteiger partial charge on any atom is 0.246 e. The van der Waals surface area contributed by atoms with Crippen molar-refractivity contribution in [3.05, 3.63) is 46.4 Å². The van der Waals surface area contributed by atoms with Gasteiger partial charge in [0.1, 0.15) is 4.90 Å². The van der Waals surface area contributed by atoms with Gasteiger partial charge in [0, 0.05) is 14.1 Å². The lowest BCUT2D eigenvalue weighted by Gasteiger charge is -2.15. The van der Waals surface area contributed by atoms with Crippen LogP contribution in [0.25, 0.3) is 0 Å². The van der Waals surface area contributed by atoms with Crippen LogP contribution in [0.2, 0.25) is 10.0 Å². The summed E-state index contributed by atoms with van der Waals surface area (Å²) in [6.45, 7) is 0. The number of aromatic nitrogens is 2. The van der Waals surface area contributed by atoms with Crippen molar-refractivity contribution >= 4 is 68.0 Å². The van der Waals surface area contributed by atoms with Crippen LogP contribution in [-0.4, -0.2) is 40.7 Å². The molecule has 0 bridgehead atoms. The van der Waals surface area contributed by atoms with Gasteiger partial charge < -0.3 is 15.7 Å². The van der Waals surface area contributed by atoms with Crippen molar-refractivity contribution < 1.29 is 13.5 Å². The maximum absolute atomic E-state index is 12.4. The number of hydrogen-bond donors (Lipinski definition) is 3. The number of para-hydroxylation sites is 1. The number of hydrogen-bond acceptors (Lipinski definition) is 8. The average molecular weight is 460 g/mol. The molecule has 1 heterocycles. The molecule has 0 saturated heterocycles. The Morgan fingerprint density at radius 1 is 1.00 bits per heavy atom. The van der Waals surface area contributed by atoms with E-state index < -0.39 is 15.8 Å². The number of rotatable bonds is 6. The summed E-state index contributed by atoms with van der Waals surface area (Å²) >= 11 is 13.1. The van der Waals surface area contributed by atoms with Crippen LogP contribution in [0, 0.1) is 0 Å². The Bertz CT molecular complexity index is 1120. The number of aromatic hydroxyl groups is 1. The monoisotopic (exact) mass is 459 g/mol. The number of phenols is 1. The van der Waals surface area contributed by atoms with Crippen LogP contribution in [0.1, 0.15) is 0 Å². The molecule has 0 amide bonds. The lowest BCUT2D eigenvalue weighted by Crippen LogP contribution is -2.22. The van der Waals surface area contributed by atoms with Gasteiger partial charge in [-0.2, -0.15) is 8.75 Å². The molecule has 0 atom stereocenters. The van der Waals surface area contributed by atoms with Crippen LogP contribution in [0.5, 0.6) is 5.75 Å². The SMILES string of the molecule is CN(C)S(=O)(=O)c1cccc(Nc2nsnc2Nc2cccc(Cl)c2Cl)c1O. The van der Waals surface area contributed by atoms with Crippen LogP contribution in [0.4, 0.5) is 23.0 Å². The summed E-state index contributed by atoms with van der Waals surface area (Å²) in [7, 11) is -1.05. The van der Waals surface area contributed by atoms with Crippen LogP contribution >= 0.6 is 34.9 Å². The number of anilines is 4. The predicted octanol–water partition coefficient (Wildman–Crippen LogP) is 4.29. The molecule has 0 saturated carbocycles. The summed E-state index contributed by atoms with van der Waals surface area (Å²) < 4.78 is 34.0. The van der Waals surface area contributed by atoms with Crippen LogP contribution in [0.3, 0.4) is 0 Å². The highest BCUT2D eigenvalue weighted by atomic mass is 35.5. The fraction of sp³-hybridized carbons (Fsp3) is 0.125. The van der Waals surface area contributed by atoms with Gasteiger partial charge >= 0.3 is 0 Å². The minimum atomic E-state index is -3.82. The number of nitrogens with zero attached hydrogens (tertiary/aromatic N) is 3. The fourth-order valence-corrected chi connectivity index (χ4v) is 4.05. The van der Waals surface area contributed by atoms with Gasteiger partial charge in [0.05, 0.1) is 33.1 Å². The third-order valence-corrected chi connectivity index (χ3v) is 6.90. The highest BCUT2D eigenvalue weighted by Crippen LogP contribution is 2.37. The molecule has 0 spiro atoms. The van der Waals surface area contributed by atoms with Crippen molar-refractivity contribution in [1.29, 1.82) is 0 Å². The zero-order valence-corrected chi connectivity index (χ0v) is 17.8. The topological polar surface area (TPSA) is 107 Å². The van der Waals surface area contributed by atoms with Gasteiger partial charge in [-0.1, -0.05) is 35.3 Å². The van der Waals surface area contributed by atoms with E-state index in [1.165, 1.54) is 32.3 Å². The first-order chi connectivity index (χ1) is 13.2. The second-order valence-electron chi connectivity index (χ2n) is 5.75. The third kappa shape index (κ3) is 4.01. The predicted molar refractivity (Wildman–Crippen MR) is 112 cm³/mol. The molecule has 3 rings (SSSR count). The number of sulfonamides is 1. The van der Waals surface area contributed by atoms with Gasteiger partial charge in [0.15, 0.2) is 17.4 Å². The fourth-order valence-electron chi connectivity index (χ4n) is 2.24. The van der Waals surface area contributed by atoms with E-state index in [9.17, 15) is 13.5 Å². The minimum absolute atomic E-state index is 0.163. The highest BCUT2D eigenvalue weighted by Gasteiger charge is 2.23. The molecule has 0 aliphatic carbocycles. The van der Waals surface area contributed by atoms with E-state index in [1.54, 1.807) is 18.2 Å². The second kappa shape index (κ2) is 8.10. The van der Waals surface area contributed by atoms with Crippen molar-refractivity contribution in [3.8, 4) is 5.75 Å². The van der Waals surface area contributed by atoms with Crippen molar-refractivity contribution in [3.63, 3.8) is 0 Å². The molecule has 8 nitrogen and oxygen atoms in total. The smallest absolute Gasteiger partial charge is 0.246 e. The Labute approximate surface area is 176 Å². The average Bonchev–Trinajstić information content (AvgIpc) is 3.07. The van der Waals surface area contributed by atoms with Crippen molar-refractivity contribution in [1.82, 2.24) is 13.1 Å². The molecule has 1 aromatic heterocycles. The van der Waals surface area contributed by atoms with Gasteiger partial charge in [-0.05, 0) is 24.3 Å². The Balaban J connectivity index is 1.93. The number of halogens is 2. The van der Waals surface area contributed by atoms with E-state index in [2.05, 4.69) is 19.4 Å². The summed E-state index contributed by atoms with van der Waals surface area (Å²) in [5.74, 6) is 0.209. The van der Waals surface area contributed by atoms with Gasteiger partial charge in [-0.15, -0.1) is 0 Å². The quantitative estimate of drug-likeness (QED) is 0.471. The molecule has 28 heavy (non-hydrogen) atoms. The molecular formula is C16H15Cl2N5O3S2. The van der Waals surface area contributed by atoms with E-state index >= 15 is 0 Å². The Morgan fingerprint density at radius 3 is 2.21 bits per heavy atom. The van der Waals surface area contributed by atoms with Gasteiger partial charge in [-0.3, -0.25) is 0 Å². The summed E-state index contributed by atoms with van der Waals surface area (Å²) in [5, 5.41) is 17.1. The van der Waals surface area contributed by atoms with Crippen molar-refractivity contribution in [2.75, 3.05) is 24.7 Å². The number of benzene rings is 2. The minimum Gasteiger partial charge on any atom is -0.504 e. The largest absolute Gasteiger partial charge is 0.504 e. The molecule has 148 valence electrons. The summed E-state index contributed by atoms with van der Waals surface area (Å²) in [5.41, 5.74) is 0.689. The number of phenolic OH excluding ortho intramolecular Hbond substituents is 1. The van der Waals surface area contributed by atoms with Gasteiger partial charge in [-0.25, -0.2) is 12.7 Å². The van der Waals surface area contributed by atoms with Crippen LogP contribution in [-0.2, 0) is 10.0 Å². The molecular weight excluding hydrogens is 445 g/mol. The summed E-state index contributed by atoms with van der Waals surface area (Å²) in [6, 6.07) is 9.46. The van der Waals surface area contributed by atoms with Crippen LogP contribution < -0.4 is 10.6 Å². The standard InChI is InChI=1S/C16H15Cl2N5O3S2/c1-23(2)28(25,26)12-8-4-7-11(14(12)24)20-16-15(21-27-22-16)19-10-6-3-5-9(17)13(10)18/h3-8,24H,1-2H3,(H,19,21)(H,20,22). The highest BCUT2D eigenvalue weighted by molar-refractivity contribution is 7.89. The molecule has 3 aromatic rings. The van der Waals surface area contributed by atoms with E-state index in [4.69, 9.17) is 23.2 Å². The third-order valence-electron chi connectivity index (χ3n) is 3.70. The zero-order valence-electron chi connectivity index (χ0n) is 14.6. The van der Waals surface area contributed by atoms with Crippen molar-refractivity contribution in [2.24, 2.45) is 0 Å². The first kappa shape index (κ1) is 20.6. The first-order valence-corrected chi connectivity index (χ1v) is 10.7. The molecule has 12 heteroatoms. The Morgan fingerprint density at radius 2 is 1.57 bits per heavy atom. The summed E-state index contributed by atoms with van der Waals surface area (Å²) in [6.07, 6.45) is 0. The normalized spacial score (nSPS) is 11.6. The molecule has 3 N–H and O–H groups in total. The molecule has 0 fully saturated rings. The van der Waals surface area contributed by atoms with E-state index in [0.29, 0.717) is 21.6 Å². The Kier molecular flexibility index (Phi) is 5.96. The molecule has 0 radical (unpaired) electrons. The lowest BCUT2D eigenvalue weighted by molar-refractivity contribution is 0.454. The first-order valence-electron chi connectivity index (χ1n) is 7.77. The maximum atomic E-state index is 12.4. The second-order valence-corrected chi connectivity index (χ2v) is 9.19. The molecule has 0 aliphatic rings. The van der Waals surface area contributed by atoms with Gasteiger partial charge in [0.25, 0.3) is 0 Å². The number of nitrogens with one attached hydrogen (secondary N) is 2. The summed E-state index contributed by atoms with van der Waals surface area (Å²) in [4.78, 5) is -0.224. The lowest BCUT2D eigenvalue weighted by atomic mass is 10.3. The van der Waals surface area contributed by atoms with Crippen LogP contribution in [0.15, 0.2) is 41.3 Å². The Hall–Kier alpha value is -2.11. The van der Waals surface area contributed by atoms with E-state index in [0.717, 1.165) is 16.0 Å². The molecule has 0 unspecified atom stereocenters. The zero-order chi connectivity index (χ0) is 20.5. The van der Waals surface area contributed by atoms with Gasteiger partial charge in [0.2, 0.25) is 10.0 Å². The van der Waals surface area contributed by atoms with E-state index in [-0.39, 0.29) is 16.4 Å². The molecule has 2 aromatic carbocycles. The van der Waals surface area contributed by atoms with Crippen molar-refractivity contribution in [2.45, 2.75) is 4.90 Å². The molecule has 0 aliphatic heterocycles. The van der Waals surface area contributed by atoms with E-state index in [1.807, 2.05) is 0 Å².